The van der Waals surface area contributed by atoms with E-state index in [9.17, 15) is 9.90 Å². The predicted octanol–water partition coefficient (Wildman–Crippen LogP) is 2.14. The van der Waals surface area contributed by atoms with Crippen molar-refractivity contribution in [2.24, 2.45) is 0 Å². The summed E-state index contributed by atoms with van der Waals surface area (Å²) in [4.78, 5) is 10.8. The third kappa shape index (κ3) is 3.66. The number of carboxylic acid groups (broad SMARTS) is 1. The Morgan fingerprint density at radius 1 is 0.950 bits per heavy atom. The second-order valence-corrected chi connectivity index (χ2v) is 4.52. The minimum Gasteiger partial charge on any atom is -0.480 e. The molecule has 3 N–H and O–H groups in total. The molecule has 0 amide bonds. The van der Waals surface area contributed by atoms with Crippen LogP contribution < -0.4 is 5.32 Å². The maximum Gasteiger partial charge on any atom is 0.317 e. The molecule has 0 aliphatic carbocycles. The number of hydrogen-bond acceptors (Lipinski definition) is 3. The van der Waals surface area contributed by atoms with Crippen molar-refractivity contribution in [3.8, 4) is 0 Å². The summed E-state index contributed by atoms with van der Waals surface area (Å²) in [5, 5.41) is 22.2. The largest absolute Gasteiger partial charge is 0.480 e. The fraction of sp³-hybridized carbons (Fsp3) is 0.188. The van der Waals surface area contributed by atoms with Crippen LogP contribution in [0.15, 0.2) is 60.7 Å². The molecule has 2 rings (SSSR count). The Morgan fingerprint density at radius 2 is 1.45 bits per heavy atom. The summed E-state index contributed by atoms with van der Waals surface area (Å²) in [7, 11) is 0. The highest BCUT2D eigenvalue weighted by molar-refractivity contribution is 5.69. The van der Waals surface area contributed by atoms with Crippen LogP contribution in [0.5, 0.6) is 0 Å². The maximum absolute atomic E-state index is 10.8. The zero-order chi connectivity index (χ0) is 14.4. The van der Waals surface area contributed by atoms with Gasteiger partial charge in [-0.2, -0.15) is 0 Å². The van der Waals surface area contributed by atoms with E-state index in [-0.39, 0.29) is 6.54 Å². The summed E-state index contributed by atoms with van der Waals surface area (Å²) >= 11 is 0. The van der Waals surface area contributed by atoms with Crippen LogP contribution in [0.25, 0.3) is 0 Å². The molecule has 2 atom stereocenters. The fourth-order valence-corrected chi connectivity index (χ4v) is 2.11. The average Bonchev–Trinajstić information content (AvgIpc) is 2.49. The van der Waals surface area contributed by atoms with Crippen molar-refractivity contribution in [2.45, 2.75) is 12.1 Å². The molecule has 0 aliphatic rings. The minimum atomic E-state index is -0.953. The Morgan fingerprint density at radius 3 is 1.95 bits per heavy atom. The van der Waals surface area contributed by atoms with Gasteiger partial charge in [-0.3, -0.25) is 10.1 Å². The lowest BCUT2D eigenvalue weighted by atomic mass is 9.96. The molecule has 0 saturated heterocycles. The Bertz CT molecular complexity index is 542. The number of rotatable bonds is 6. The lowest BCUT2D eigenvalue weighted by Crippen LogP contribution is -2.31. The lowest BCUT2D eigenvalue weighted by Gasteiger charge is -2.24. The molecule has 4 heteroatoms. The highest BCUT2D eigenvalue weighted by Gasteiger charge is 2.22. The van der Waals surface area contributed by atoms with E-state index in [0.717, 1.165) is 11.1 Å². The normalized spacial score (nSPS) is 13.7. The highest BCUT2D eigenvalue weighted by Crippen LogP contribution is 2.28. The molecule has 0 bridgehead atoms. The topological polar surface area (TPSA) is 69.6 Å². The van der Waals surface area contributed by atoms with Crippen molar-refractivity contribution in [1.29, 1.82) is 0 Å². The Labute approximate surface area is 117 Å². The first-order chi connectivity index (χ1) is 9.68. The number of nitrogens with one attached hydrogen (secondary N) is 1. The maximum atomic E-state index is 10.8. The van der Waals surface area contributed by atoms with E-state index in [1.165, 1.54) is 0 Å². The number of aliphatic hydroxyl groups excluding tert-OH is 1. The molecule has 0 unspecified atom stereocenters. The smallest absolute Gasteiger partial charge is 0.317 e. The molecule has 20 heavy (non-hydrogen) atoms. The van der Waals surface area contributed by atoms with Gasteiger partial charge in [0.1, 0.15) is 0 Å². The van der Waals surface area contributed by atoms with Crippen molar-refractivity contribution in [3.63, 3.8) is 0 Å². The number of hydrogen-bond donors (Lipinski definition) is 3. The molecular weight excluding hydrogens is 254 g/mol. The minimum absolute atomic E-state index is 0.205. The second-order valence-electron chi connectivity index (χ2n) is 4.52. The van der Waals surface area contributed by atoms with Gasteiger partial charge >= 0.3 is 5.97 Å². The van der Waals surface area contributed by atoms with Crippen LogP contribution >= 0.6 is 0 Å². The lowest BCUT2D eigenvalue weighted by molar-refractivity contribution is -0.136. The second kappa shape index (κ2) is 6.84. The van der Waals surface area contributed by atoms with Crippen LogP contribution in [-0.4, -0.2) is 22.7 Å². The summed E-state index contributed by atoms with van der Waals surface area (Å²) in [5.74, 6) is -0.953. The van der Waals surface area contributed by atoms with Gasteiger partial charge in [0.05, 0.1) is 18.7 Å². The fourth-order valence-electron chi connectivity index (χ4n) is 2.11. The van der Waals surface area contributed by atoms with E-state index in [2.05, 4.69) is 5.32 Å². The summed E-state index contributed by atoms with van der Waals surface area (Å²) in [6.45, 7) is -0.205. The van der Waals surface area contributed by atoms with Gasteiger partial charge in [0, 0.05) is 0 Å². The number of aliphatic hydroxyl groups is 1. The Kier molecular flexibility index (Phi) is 4.87. The first-order valence-electron chi connectivity index (χ1n) is 6.41. The van der Waals surface area contributed by atoms with Gasteiger partial charge in [-0.05, 0) is 11.1 Å². The molecule has 4 nitrogen and oxygen atoms in total. The highest BCUT2D eigenvalue weighted by atomic mass is 16.4. The number of carboxylic acids is 1. The van der Waals surface area contributed by atoms with Crippen LogP contribution in [0.3, 0.4) is 0 Å². The number of benzene rings is 2. The molecule has 0 saturated carbocycles. The molecule has 0 heterocycles. The zero-order valence-electron chi connectivity index (χ0n) is 10.9. The monoisotopic (exact) mass is 271 g/mol. The van der Waals surface area contributed by atoms with Crippen LogP contribution in [0, 0.1) is 0 Å². The molecule has 104 valence electrons. The van der Waals surface area contributed by atoms with Crippen molar-refractivity contribution in [1.82, 2.24) is 5.32 Å². The molecule has 0 aliphatic heterocycles. The van der Waals surface area contributed by atoms with Crippen LogP contribution in [0.4, 0.5) is 0 Å². The molecule has 2 aromatic rings. The van der Waals surface area contributed by atoms with Crippen molar-refractivity contribution < 1.29 is 15.0 Å². The summed E-state index contributed by atoms with van der Waals surface area (Å²) in [6.07, 6.45) is -0.807. The van der Waals surface area contributed by atoms with Crippen molar-refractivity contribution in [3.05, 3.63) is 71.8 Å². The third-order valence-electron chi connectivity index (χ3n) is 3.09. The van der Waals surface area contributed by atoms with E-state index in [4.69, 9.17) is 5.11 Å². The zero-order valence-corrected chi connectivity index (χ0v) is 10.9. The number of carbonyl (C=O) groups is 1. The summed E-state index contributed by atoms with van der Waals surface area (Å²) in [5.41, 5.74) is 1.60. The molecule has 0 spiro atoms. The third-order valence-corrected chi connectivity index (χ3v) is 3.09. The van der Waals surface area contributed by atoms with Crippen LogP contribution in [-0.2, 0) is 4.79 Å². The van der Waals surface area contributed by atoms with Gasteiger partial charge in [-0.1, -0.05) is 60.7 Å². The first-order valence-corrected chi connectivity index (χ1v) is 6.41. The Balaban J connectivity index is 2.24. The first kappa shape index (κ1) is 14.2. The average molecular weight is 271 g/mol. The molecule has 2 aromatic carbocycles. The van der Waals surface area contributed by atoms with Gasteiger partial charge in [0.2, 0.25) is 0 Å². The van der Waals surface area contributed by atoms with Crippen LogP contribution in [0.2, 0.25) is 0 Å². The quantitative estimate of drug-likeness (QED) is 0.753. The summed E-state index contributed by atoms with van der Waals surface area (Å²) in [6, 6.07) is 18.1. The molecular formula is C16H17NO3. The van der Waals surface area contributed by atoms with Crippen molar-refractivity contribution >= 4 is 5.97 Å². The van der Waals surface area contributed by atoms with E-state index in [0.29, 0.717) is 0 Å². The van der Waals surface area contributed by atoms with Gasteiger partial charge in [0.15, 0.2) is 0 Å². The van der Waals surface area contributed by atoms with Gasteiger partial charge < -0.3 is 10.2 Å². The van der Waals surface area contributed by atoms with E-state index in [1.54, 1.807) is 0 Å². The SMILES string of the molecule is O=C(O)CN[C@H](c1ccccc1)[C@H](O)c1ccccc1. The standard InChI is InChI=1S/C16H17NO3/c18-14(19)11-17-15(12-7-3-1-4-8-12)16(20)13-9-5-2-6-10-13/h1-10,15-17,20H,11H2,(H,18,19)/t15-,16-/m1/s1. The van der Waals surface area contributed by atoms with E-state index < -0.39 is 18.1 Å². The Hall–Kier alpha value is -2.17. The molecule has 0 radical (unpaired) electrons. The van der Waals surface area contributed by atoms with E-state index in [1.807, 2.05) is 60.7 Å². The van der Waals surface area contributed by atoms with Gasteiger partial charge in [-0.25, -0.2) is 0 Å². The van der Waals surface area contributed by atoms with Gasteiger partial charge in [0.25, 0.3) is 0 Å². The molecule has 0 aromatic heterocycles. The molecule has 0 fully saturated rings. The van der Waals surface area contributed by atoms with Crippen LogP contribution in [0.1, 0.15) is 23.3 Å². The predicted molar refractivity (Wildman–Crippen MR) is 76.2 cm³/mol. The summed E-state index contributed by atoms with van der Waals surface area (Å²) < 4.78 is 0. The van der Waals surface area contributed by atoms with Crippen molar-refractivity contribution in [2.75, 3.05) is 6.54 Å². The van der Waals surface area contributed by atoms with E-state index >= 15 is 0 Å². The number of aliphatic carboxylic acids is 1. The van der Waals surface area contributed by atoms with Gasteiger partial charge in [-0.15, -0.1) is 0 Å².